The highest BCUT2D eigenvalue weighted by molar-refractivity contribution is 7.92. The number of pyridine rings is 1. The van der Waals surface area contributed by atoms with Crippen LogP contribution in [-0.4, -0.2) is 31.7 Å². The van der Waals surface area contributed by atoms with Gasteiger partial charge in [-0.1, -0.05) is 6.07 Å². The van der Waals surface area contributed by atoms with E-state index >= 15 is 0 Å². The lowest BCUT2D eigenvalue weighted by atomic mass is 10.2. The van der Waals surface area contributed by atoms with Gasteiger partial charge >= 0.3 is 6.18 Å². The van der Waals surface area contributed by atoms with Gasteiger partial charge in [-0.3, -0.25) is 9.52 Å². The second-order valence-electron chi connectivity index (χ2n) is 6.99. The van der Waals surface area contributed by atoms with E-state index in [0.717, 1.165) is 30.5 Å². The number of anilines is 1. The highest BCUT2D eigenvalue weighted by atomic mass is 32.2. The van der Waals surface area contributed by atoms with Crippen LogP contribution in [0.2, 0.25) is 0 Å². The van der Waals surface area contributed by atoms with Crippen molar-refractivity contribution in [1.82, 2.24) is 10.3 Å². The summed E-state index contributed by atoms with van der Waals surface area (Å²) in [4.78, 5) is 15.5. The quantitative estimate of drug-likeness (QED) is 0.448. The number of nitrogens with one attached hydrogen (secondary N) is 2. The summed E-state index contributed by atoms with van der Waals surface area (Å²) >= 11 is 0. The number of amides is 1. The fourth-order valence-corrected chi connectivity index (χ4v) is 2.98. The molecule has 2 N–H and O–H groups in total. The van der Waals surface area contributed by atoms with E-state index in [1.165, 1.54) is 18.2 Å². The Labute approximate surface area is 182 Å². The van der Waals surface area contributed by atoms with Crippen LogP contribution in [-0.2, 0) is 27.5 Å². The lowest BCUT2D eigenvalue weighted by Gasteiger charge is -2.14. The number of halogens is 4. The maximum atomic E-state index is 14.0. The molecule has 0 aliphatic carbocycles. The Morgan fingerprint density at radius 3 is 2.47 bits per heavy atom. The molecule has 1 aromatic carbocycles. The number of sulfonamides is 1. The van der Waals surface area contributed by atoms with E-state index in [-0.39, 0.29) is 23.7 Å². The SMILES string of the molecule is CC(C)Oc1nc(C(F)(F)F)ccc1/C=C\C(=O)NCc1ccc(NS(C)(=O)=O)c(F)c1. The molecule has 0 radical (unpaired) electrons. The molecule has 0 aliphatic rings. The number of hydrogen-bond acceptors (Lipinski definition) is 5. The van der Waals surface area contributed by atoms with Gasteiger partial charge in [-0.2, -0.15) is 13.2 Å². The molecule has 7 nitrogen and oxygen atoms in total. The minimum absolute atomic E-state index is 0.0696. The molecule has 174 valence electrons. The Bertz CT molecular complexity index is 1120. The van der Waals surface area contributed by atoms with E-state index in [2.05, 4.69) is 10.3 Å². The van der Waals surface area contributed by atoms with Crippen molar-refractivity contribution in [3.63, 3.8) is 0 Å². The Morgan fingerprint density at radius 2 is 1.91 bits per heavy atom. The topological polar surface area (TPSA) is 97.4 Å². The first-order chi connectivity index (χ1) is 14.7. The van der Waals surface area contributed by atoms with E-state index in [1.807, 2.05) is 4.72 Å². The monoisotopic (exact) mass is 475 g/mol. The lowest BCUT2D eigenvalue weighted by Crippen LogP contribution is -2.20. The molecule has 1 aromatic heterocycles. The lowest BCUT2D eigenvalue weighted by molar-refractivity contribution is -0.141. The zero-order valence-corrected chi connectivity index (χ0v) is 18.1. The normalized spacial score (nSPS) is 12.2. The van der Waals surface area contributed by atoms with E-state index in [4.69, 9.17) is 4.74 Å². The van der Waals surface area contributed by atoms with Crippen LogP contribution in [0.5, 0.6) is 5.88 Å². The summed E-state index contributed by atoms with van der Waals surface area (Å²) in [5, 5.41) is 2.49. The summed E-state index contributed by atoms with van der Waals surface area (Å²) in [5.74, 6) is -1.68. The summed E-state index contributed by atoms with van der Waals surface area (Å²) in [6.07, 6.45) is -1.87. The number of benzene rings is 1. The van der Waals surface area contributed by atoms with Crippen LogP contribution >= 0.6 is 0 Å². The van der Waals surface area contributed by atoms with Crippen molar-refractivity contribution >= 4 is 27.7 Å². The molecule has 1 amide bonds. The number of hydrogen-bond donors (Lipinski definition) is 2. The number of ether oxygens (including phenoxy) is 1. The van der Waals surface area contributed by atoms with Crippen LogP contribution in [0.4, 0.5) is 23.2 Å². The Kier molecular flexibility index (Phi) is 7.83. The van der Waals surface area contributed by atoms with Crippen LogP contribution in [0, 0.1) is 5.82 Å². The highest BCUT2D eigenvalue weighted by Gasteiger charge is 2.33. The third-order valence-corrected chi connectivity index (χ3v) is 4.33. The molecule has 0 unspecified atom stereocenters. The first kappa shape index (κ1) is 25.1. The minimum atomic E-state index is -4.64. The number of carbonyl (C=O) groups is 1. The Balaban J connectivity index is 2.08. The fourth-order valence-electron chi connectivity index (χ4n) is 2.42. The molecule has 0 saturated heterocycles. The zero-order chi connectivity index (χ0) is 24.1. The van der Waals surface area contributed by atoms with E-state index in [1.54, 1.807) is 13.8 Å². The maximum absolute atomic E-state index is 14.0. The van der Waals surface area contributed by atoms with Crippen LogP contribution < -0.4 is 14.8 Å². The van der Waals surface area contributed by atoms with E-state index in [0.29, 0.717) is 5.56 Å². The van der Waals surface area contributed by atoms with Crippen molar-refractivity contribution in [2.75, 3.05) is 11.0 Å². The van der Waals surface area contributed by atoms with E-state index in [9.17, 15) is 30.8 Å². The van der Waals surface area contributed by atoms with Gasteiger partial charge in [0.15, 0.2) is 0 Å². The summed E-state index contributed by atoms with van der Waals surface area (Å²) < 4.78 is 82.3. The molecule has 0 fully saturated rings. The van der Waals surface area contributed by atoms with Crippen molar-refractivity contribution < 1.29 is 35.5 Å². The molecule has 2 rings (SSSR count). The average molecular weight is 475 g/mol. The maximum Gasteiger partial charge on any atom is 0.433 e. The summed E-state index contributed by atoms with van der Waals surface area (Å²) in [7, 11) is -3.64. The number of rotatable bonds is 8. The molecule has 32 heavy (non-hydrogen) atoms. The molecule has 0 aliphatic heterocycles. The van der Waals surface area contributed by atoms with Gasteiger partial charge in [-0.05, 0) is 49.8 Å². The predicted octanol–water partition coefficient (Wildman–Crippen LogP) is 3.73. The molecule has 0 atom stereocenters. The van der Waals surface area contributed by atoms with Crippen molar-refractivity contribution in [3.05, 3.63) is 59.0 Å². The molecule has 0 saturated carbocycles. The van der Waals surface area contributed by atoms with Crippen LogP contribution in [0.15, 0.2) is 36.4 Å². The predicted molar refractivity (Wildman–Crippen MR) is 111 cm³/mol. The zero-order valence-electron chi connectivity index (χ0n) is 17.3. The van der Waals surface area contributed by atoms with Gasteiger partial charge in [0, 0.05) is 18.2 Å². The summed E-state index contributed by atoms with van der Waals surface area (Å²) in [5.41, 5.74) is -0.812. The van der Waals surface area contributed by atoms with Crippen molar-refractivity contribution in [1.29, 1.82) is 0 Å². The van der Waals surface area contributed by atoms with Gasteiger partial charge in [0.25, 0.3) is 0 Å². The number of aromatic nitrogens is 1. The molecule has 1 heterocycles. The van der Waals surface area contributed by atoms with Crippen LogP contribution in [0.3, 0.4) is 0 Å². The van der Waals surface area contributed by atoms with Gasteiger partial charge in [0.2, 0.25) is 21.8 Å². The second kappa shape index (κ2) is 9.98. The number of nitrogens with zero attached hydrogens (tertiary/aromatic N) is 1. The first-order valence-corrected chi connectivity index (χ1v) is 11.1. The standard InChI is InChI=1S/C20H21F4N3O4S/c1-12(2)31-19-14(5-8-17(26-19)20(22,23)24)6-9-18(28)25-11-13-4-7-16(15(21)10-13)27-32(3,29)30/h4-10,12,27H,11H2,1-3H3,(H,25,28)/b9-6-. The third-order valence-electron chi connectivity index (χ3n) is 3.74. The number of alkyl halides is 3. The van der Waals surface area contributed by atoms with Gasteiger partial charge in [0.1, 0.15) is 11.5 Å². The van der Waals surface area contributed by atoms with Gasteiger partial charge < -0.3 is 10.1 Å². The summed E-state index contributed by atoms with van der Waals surface area (Å²) in [6.45, 7) is 3.18. The molecule has 12 heteroatoms. The molecular formula is C20H21F4N3O4S. The Morgan fingerprint density at radius 1 is 1.22 bits per heavy atom. The Hall–Kier alpha value is -3.15. The van der Waals surface area contributed by atoms with Crippen LogP contribution in [0.25, 0.3) is 6.08 Å². The average Bonchev–Trinajstić information content (AvgIpc) is 2.65. The van der Waals surface area contributed by atoms with Crippen molar-refractivity contribution in [2.24, 2.45) is 0 Å². The van der Waals surface area contributed by atoms with Crippen molar-refractivity contribution in [3.8, 4) is 5.88 Å². The minimum Gasteiger partial charge on any atom is -0.475 e. The second-order valence-corrected chi connectivity index (χ2v) is 8.74. The summed E-state index contributed by atoms with van der Waals surface area (Å²) in [6, 6.07) is 5.62. The third kappa shape index (κ3) is 7.84. The molecule has 0 bridgehead atoms. The molecular weight excluding hydrogens is 454 g/mol. The molecule has 2 aromatic rings. The van der Waals surface area contributed by atoms with Crippen LogP contribution in [0.1, 0.15) is 30.7 Å². The van der Waals surface area contributed by atoms with E-state index < -0.39 is 39.7 Å². The largest absolute Gasteiger partial charge is 0.475 e. The fraction of sp³-hybridized carbons (Fsp3) is 0.300. The van der Waals surface area contributed by atoms with Crippen molar-refractivity contribution in [2.45, 2.75) is 32.7 Å². The van der Waals surface area contributed by atoms with Gasteiger partial charge in [0.05, 0.1) is 18.0 Å². The smallest absolute Gasteiger partial charge is 0.433 e. The van der Waals surface area contributed by atoms with Gasteiger partial charge in [-0.15, -0.1) is 0 Å². The highest BCUT2D eigenvalue weighted by Crippen LogP contribution is 2.31. The molecule has 0 spiro atoms. The number of carbonyl (C=O) groups excluding carboxylic acids is 1. The first-order valence-electron chi connectivity index (χ1n) is 9.21. The van der Waals surface area contributed by atoms with Gasteiger partial charge in [-0.25, -0.2) is 17.8 Å².